The van der Waals surface area contributed by atoms with E-state index in [0.29, 0.717) is 18.7 Å². The van der Waals surface area contributed by atoms with E-state index >= 15 is 0 Å². The summed E-state index contributed by atoms with van der Waals surface area (Å²) in [4.78, 5) is 22.6. The van der Waals surface area contributed by atoms with Crippen molar-refractivity contribution in [3.63, 3.8) is 0 Å². The summed E-state index contributed by atoms with van der Waals surface area (Å²) in [6.45, 7) is 4.02. The van der Waals surface area contributed by atoms with Gasteiger partial charge in [-0.1, -0.05) is 13.8 Å². The molecule has 104 valence electrons. The molecule has 7 heteroatoms. The van der Waals surface area contributed by atoms with Crippen LogP contribution in [0, 0.1) is 0 Å². The van der Waals surface area contributed by atoms with Crippen molar-refractivity contribution in [2.24, 2.45) is 0 Å². The Morgan fingerprint density at radius 2 is 2.16 bits per heavy atom. The second-order valence-electron chi connectivity index (χ2n) is 4.88. The Morgan fingerprint density at radius 1 is 1.47 bits per heavy atom. The van der Waals surface area contributed by atoms with Gasteiger partial charge in [0, 0.05) is 11.8 Å². The molecule has 1 aliphatic rings. The zero-order valence-electron chi connectivity index (χ0n) is 10.8. The Labute approximate surface area is 110 Å². The van der Waals surface area contributed by atoms with Crippen molar-refractivity contribution >= 4 is 17.7 Å². The molecule has 1 saturated heterocycles. The third-order valence-corrected chi connectivity index (χ3v) is 3.06. The van der Waals surface area contributed by atoms with Crippen molar-refractivity contribution in [1.29, 1.82) is 0 Å². The maximum atomic E-state index is 11.9. The summed E-state index contributed by atoms with van der Waals surface area (Å²) in [5.74, 6) is -0.670. The summed E-state index contributed by atoms with van der Waals surface area (Å²) in [5, 5.41) is 18.2. The van der Waals surface area contributed by atoms with Gasteiger partial charge in [-0.15, -0.1) is 0 Å². The van der Waals surface area contributed by atoms with E-state index in [9.17, 15) is 9.59 Å². The summed E-state index contributed by atoms with van der Waals surface area (Å²) in [5.41, 5.74) is 0.922. The number of aromatic nitrogens is 2. The van der Waals surface area contributed by atoms with Crippen molar-refractivity contribution in [3.8, 4) is 0 Å². The molecule has 2 heterocycles. The highest BCUT2D eigenvalue weighted by atomic mass is 16.5. The average Bonchev–Trinajstić information content (AvgIpc) is 2.96. The Bertz CT molecular complexity index is 483. The molecule has 0 spiro atoms. The number of ether oxygens (including phenoxy) is 1. The first-order valence-electron chi connectivity index (χ1n) is 6.22. The van der Waals surface area contributed by atoms with Crippen LogP contribution in [0.5, 0.6) is 0 Å². The third kappa shape index (κ3) is 3.11. The summed E-state index contributed by atoms with van der Waals surface area (Å²) < 4.78 is 5.16. The highest BCUT2D eigenvalue weighted by Gasteiger charge is 2.34. The van der Waals surface area contributed by atoms with Gasteiger partial charge in [-0.05, 0) is 18.8 Å². The molecule has 1 amide bonds. The summed E-state index contributed by atoms with van der Waals surface area (Å²) in [6.07, 6.45) is -0.850. The van der Waals surface area contributed by atoms with Crippen LogP contribution in [-0.4, -0.2) is 39.4 Å². The number of carbonyl (C=O) groups excluding carboxylic acids is 1. The summed E-state index contributed by atoms with van der Waals surface area (Å²) >= 11 is 0. The van der Waals surface area contributed by atoms with Gasteiger partial charge in [-0.2, -0.15) is 5.10 Å². The monoisotopic (exact) mass is 267 g/mol. The Hall–Kier alpha value is -1.89. The predicted octanol–water partition coefficient (Wildman–Crippen LogP) is 1.10. The molecule has 0 saturated carbocycles. The molecule has 7 nitrogen and oxygen atoms in total. The highest BCUT2D eigenvalue weighted by molar-refractivity contribution is 5.94. The molecule has 1 aromatic heterocycles. The Balaban J connectivity index is 1.92. The van der Waals surface area contributed by atoms with E-state index < -0.39 is 18.2 Å². The van der Waals surface area contributed by atoms with E-state index in [1.54, 1.807) is 6.07 Å². The second-order valence-corrected chi connectivity index (χ2v) is 4.88. The number of carboxylic acid groups (broad SMARTS) is 1. The molecule has 2 unspecified atom stereocenters. The lowest BCUT2D eigenvalue weighted by atomic mass is 10.1. The number of nitrogens with zero attached hydrogens (tertiary/aromatic N) is 1. The third-order valence-electron chi connectivity index (χ3n) is 3.06. The van der Waals surface area contributed by atoms with Crippen LogP contribution in [0.3, 0.4) is 0 Å². The van der Waals surface area contributed by atoms with E-state index in [0.717, 1.165) is 5.69 Å². The maximum Gasteiger partial charge on any atom is 0.332 e. The van der Waals surface area contributed by atoms with Crippen LogP contribution in [0.25, 0.3) is 0 Å². The smallest absolute Gasteiger partial charge is 0.332 e. The molecule has 19 heavy (non-hydrogen) atoms. The van der Waals surface area contributed by atoms with Gasteiger partial charge in [-0.25, -0.2) is 4.79 Å². The summed E-state index contributed by atoms with van der Waals surface area (Å²) in [6, 6.07) is 1.76. The molecule has 1 aliphatic heterocycles. The molecule has 1 aromatic rings. The number of amides is 1. The van der Waals surface area contributed by atoms with Crippen LogP contribution in [0.4, 0.5) is 5.82 Å². The molecule has 3 N–H and O–H groups in total. The van der Waals surface area contributed by atoms with E-state index in [-0.39, 0.29) is 11.8 Å². The lowest BCUT2D eigenvalue weighted by molar-refractivity contribution is -0.150. The lowest BCUT2D eigenvalue weighted by Crippen LogP contribution is -2.30. The minimum absolute atomic E-state index is 0.289. The number of rotatable bonds is 4. The van der Waals surface area contributed by atoms with Gasteiger partial charge in [0.2, 0.25) is 0 Å². The molecule has 0 aromatic carbocycles. The van der Waals surface area contributed by atoms with Crippen LogP contribution < -0.4 is 5.32 Å². The first-order chi connectivity index (χ1) is 8.97. The molecule has 2 atom stereocenters. The zero-order valence-corrected chi connectivity index (χ0v) is 10.8. The molecular weight excluding hydrogens is 250 g/mol. The van der Waals surface area contributed by atoms with Crippen LogP contribution in [0.1, 0.15) is 38.3 Å². The van der Waals surface area contributed by atoms with E-state index in [1.165, 1.54) is 0 Å². The number of carboxylic acids is 1. The number of nitrogens with one attached hydrogen (secondary N) is 2. The van der Waals surface area contributed by atoms with E-state index in [1.807, 2.05) is 13.8 Å². The van der Waals surface area contributed by atoms with E-state index in [4.69, 9.17) is 9.84 Å². The van der Waals surface area contributed by atoms with Crippen molar-refractivity contribution in [1.82, 2.24) is 10.2 Å². The quantitative estimate of drug-likeness (QED) is 0.757. The number of hydrogen-bond donors (Lipinski definition) is 3. The predicted molar refractivity (Wildman–Crippen MR) is 66.8 cm³/mol. The summed E-state index contributed by atoms with van der Waals surface area (Å²) in [7, 11) is 0. The number of aliphatic carboxylic acids is 1. The zero-order chi connectivity index (χ0) is 14.0. The maximum absolute atomic E-state index is 11.9. The fourth-order valence-corrected chi connectivity index (χ4v) is 1.91. The van der Waals surface area contributed by atoms with Gasteiger partial charge in [0.1, 0.15) is 6.10 Å². The van der Waals surface area contributed by atoms with Crippen molar-refractivity contribution in [2.45, 2.75) is 44.8 Å². The van der Waals surface area contributed by atoms with Gasteiger partial charge >= 0.3 is 5.97 Å². The minimum Gasteiger partial charge on any atom is -0.479 e. The number of carbonyl (C=O) groups is 2. The molecule has 0 aliphatic carbocycles. The topological polar surface area (TPSA) is 104 Å². The number of H-pyrrole nitrogens is 1. The van der Waals surface area contributed by atoms with Gasteiger partial charge in [0.25, 0.3) is 5.91 Å². The van der Waals surface area contributed by atoms with Crippen LogP contribution in [0.15, 0.2) is 6.07 Å². The molecule has 2 rings (SSSR count). The van der Waals surface area contributed by atoms with E-state index in [2.05, 4.69) is 15.5 Å². The number of hydrogen-bond acceptors (Lipinski definition) is 4. The van der Waals surface area contributed by atoms with Gasteiger partial charge in [0.05, 0.1) is 0 Å². The average molecular weight is 267 g/mol. The fourth-order valence-electron chi connectivity index (χ4n) is 1.91. The normalized spacial score (nSPS) is 22.7. The first-order valence-corrected chi connectivity index (χ1v) is 6.22. The number of anilines is 1. The van der Waals surface area contributed by atoms with Gasteiger partial charge in [0.15, 0.2) is 11.9 Å². The molecular formula is C12H17N3O4. The largest absolute Gasteiger partial charge is 0.479 e. The highest BCUT2D eigenvalue weighted by Crippen LogP contribution is 2.21. The Morgan fingerprint density at radius 3 is 2.68 bits per heavy atom. The molecule has 0 radical (unpaired) electrons. The van der Waals surface area contributed by atoms with Gasteiger partial charge < -0.3 is 15.2 Å². The Kier molecular flexibility index (Phi) is 3.84. The lowest BCUT2D eigenvalue weighted by Gasteiger charge is -2.10. The standard InChI is InChI=1S/C12H17N3O4/c1-6(2)7-5-10(15-14-7)13-11(16)8-3-4-9(19-8)12(17)18/h5-6,8-9H,3-4H2,1-2H3,(H,17,18)(H2,13,14,15,16). The number of aromatic amines is 1. The molecule has 0 bridgehead atoms. The van der Waals surface area contributed by atoms with Crippen LogP contribution in [0.2, 0.25) is 0 Å². The van der Waals surface area contributed by atoms with Crippen LogP contribution in [-0.2, 0) is 14.3 Å². The minimum atomic E-state index is -1.03. The van der Waals surface area contributed by atoms with Gasteiger partial charge in [-0.3, -0.25) is 9.89 Å². The second kappa shape index (κ2) is 5.40. The van der Waals surface area contributed by atoms with Crippen LogP contribution >= 0.6 is 0 Å². The van der Waals surface area contributed by atoms with Crippen molar-refractivity contribution in [3.05, 3.63) is 11.8 Å². The fraction of sp³-hybridized carbons (Fsp3) is 0.583. The molecule has 1 fully saturated rings. The first kappa shape index (κ1) is 13.5. The van der Waals surface area contributed by atoms with Crippen molar-refractivity contribution < 1.29 is 19.4 Å². The van der Waals surface area contributed by atoms with Crippen molar-refractivity contribution in [2.75, 3.05) is 5.32 Å². The SMILES string of the molecule is CC(C)c1cc(NC(=O)C2CCC(C(=O)O)O2)n[nH]1.